The van der Waals surface area contributed by atoms with E-state index < -0.39 is 5.97 Å². The van der Waals surface area contributed by atoms with Crippen LogP contribution in [0.2, 0.25) is 0 Å². The lowest BCUT2D eigenvalue weighted by Gasteiger charge is -2.28. The summed E-state index contributed by atoms with van der Waals surface area (Å²) in [6, 6.07) is 0.173. The van der Waals surface area contributed by atoms with Gasteiger partial charge in [-0.1, -0.05) is 0 Å². The van der Waals surface area contributed by atoms with E-state index in [2.05, 4.69) is 0 Å². The maximum Gasteiger partial charge on any atom is 0.317 e. The van der Waals surface area contributed by atoms with Gasteiger partial charge in [-0.3, -0.25) is 14.5 Å². The van der Waals surface area contributed by atoms with Crippen LogP contribution in [-0.4, -0.2) is 59.0 Å². The Morgan fingerprint density at radius 1 is 1.06 bits per heavy atom. The first-order valence-electron chi connectivity index (χ1n) is 5.47. The van der Waals surface area contributed by atoms with E-state index in [0.717, 1.165) is 0 Å². The smallest absolute Gasteiger partial charge is 0.317 e. The fraction of sp³-hybridized carbons (Fsp3) is 0.818. The first kappa shape index (κ1) is 14.9. The Labute approximate surface area is 97.0 Å². The number of nitrogens with zero attached hydrogens (tertiary/aromatic N) is 2. The molecule has 0 fully saturated rings. The van der Waals surface area contributed by atoms with Crippen molar-refractivity contribution in [2.24, 2.45) is 0 Å². The number of carbonyl (C=O) groups is 2. The Kier molecular flexibility index (Phi) is 6.03. The van der Waals surface area contributed by atoms with Crippen LogP contribution in [0.25, 0.3) is 0 Å². The number of carbonyl (C=O) groups excluding carboxylic acids is 1. The van der Waals surface area contributed by atoms with Crippen molar-refractivity contribution in [1.29, 1.82) is 0 Å². The van der Waals surface area contributed by atoms with Crippen molar-refractivity contribution in [2.45, 2.75) is 39.8 Å². The summed E-state index contributed by atoms with van der Waals surface area (Å²) in [6.45, 7) is 7.66. The first-order valence-corrected chi connectivity index (χ1v) is 5.47. The van der Waals surface area contributed by atoms with Gasteiger partial charge < -0.3 is 10.0 Å². The second-order valence-corrected chi connectivity index (χ2v) is 4.49. The molecule has 0 aromatic heterocycles. The number of amides is 1. The van der Waals surface area contributed by atoms with Crippen molar-refractivity contribution >= 4 is 11.9 Å². The van der Waals surface area contributed by atoms with E-state index in [1.807, 2.05) is 27.7 Å². The monoisotopic (exact) mass is 230 g/mol. The Balaban J connectivity index is 4.40. The van der Waals surface area contributed by atoms with Gasteiger partial charge in [-0.15, -0.1) is 0 Å². The second-order valence-electron chi connectivity index (χ2n) is 4.49. The number of aliphatic carboxylic acids is 1. The Morgan fingerprint density at radius 3 is 1.88 bits per heavy atom. The van der Waals surface area contributed by atoms with Crippen LogP contribution in [0.3, 0.4) is 0 Å². The fourth-order valence-electron chi connectivity index (χ4n) is 1.17. The van der Waals surface area contributed by atoms with Crippen LogP contribution >= 0.6 is 0 Å². The molecule has 0 aromatic rings. The molecule has 0 aliphatic heterocycles. The molecule has 5 heteroatoms. The zero-order chi connectivity index (χ0) is 12.9. The molecule has 0 radical (unpaired) electrons. The van der Waals surface area contributed by atoms with E-state index in [9.17, 15) is 9.59 Å². The maximum atomic E-state index is 11.8. The van der Waals surface area contributed by atoms with Crippen molar-refractivity contribution in [3.8, 4) is 0 Å². The number of hydrogen-bond acceptors (Lipinski definition) is 3. The largest absolute Gasteiger partial charge is 0.480 e. The lowest BCUT2D eigenvalue weighted by atomic mass is 10.3. The van der Waals surface area contributed by atoms with Crippen molar-refractivity contribution in [3.05, 3.63) is 0 Å². The fourth-order valence-corrected chi connectivity index (χ4v) is 1.17. The van der Waals surface area contributed by atoms with Crippen molar-refractivity contribution in [1.82, 2.24) is 9.80 Å². The van der Waals surface area contributed by atoms with E-state index in [-0.39, 0.29) is 31.1 Å². The SMILES string of the molecule is CC(C)N(CC(=O)O)CC(=O)N(C)C(C)C. The van der Waals surface area contributed by atoms with Gasteiger partial charge in [0.25, 0.3) is 0 Å². The minimum atomic E-state index is -0.909. The molecule has 5 nitrogen and oxygen atoms in total. The molecule has 1 N–H and O–H groups in total. The standard InChI is InChI=1S/C11H22N2O3/c1-8(2)12(5)10(14)6-13(9(3)4)7-11(15)16/h8-9H,6-7H2,1-5H3,(H,15,16). The molecule has 0 spiro atoms. The number of carboxylic acid groups (broad SMARTS) is 1. The van der Waals surface area contributed by atoms with Crippen molar-refractivity contribution < 1.29 is 14.7 Å². The van der Waals surface area contributed by atoms with Crippen LogP contribution < -0.4 is 0 Å². The van der Waals surface area contributed by atoms with Gasteiger partial charge in [-0.25, -0.2) is 0 Å². The molecule has 0 heterocycles. The zero-order valence-corrected chi connectivity index (χ0v) is 10.7. The lowest BCUT2D eigenvalue weighted by molar-refractivity contribution is -0.140. The van der Waals surface area contributed by atoms with Crippen molar-refractivity contribution in [3.63, 3.8) is 0 Å². The van der Waals surface area contributed by atoms with Gasteiger partial charge in [0.05, 0.1) is 13.1 Å². The van der Waals surface area contributed by atoms with Crippen LogP contribution in [-0.2, 0) is 9.59 Å². The summed E-state index contributed by atoms with van der Waals surface area (Å²) in [5.74, 6) is -0.960. The first-order chi connectivity index (χ1) is 7.25. The summed E-state index contributed by atoms with van der Waals surface area (Å²) in [4.78, 5) is 25.7. The van der Waals surface area contributed by atoms with Gasteiger partial charge in [0, 0.05) is 19.1 Å². The average Bonchev–Trinajstić information content (AvgIpc) is 2.14. The van der Waals surface area contributed by atoms with Gasteiger partial charge in [-0.05, 0) is 27.7 Å². The van der Waals surface area contributed by atoms with E-state index >= 15 is 0 Å². The van der Waals surface area contributed by atoms with Gasteiger partial charge in [0.1, 0.15) is 0 Å². The number of likely N-dealkylation sites (N-methyl/N-ethyl adjacent to an activating group) is 1. The molecule has 0 rings (SSSR count). The summed E-state index contributed by atoms with van der Waals surface area (Å²) in [5, 5.41) is 8.73. The van der Waals surface area contributed by atoms with Gasteiger partial charge in [0.15, 0.2) is 0 Å². The van der Waals surface area contributed by atoms with Crippen LogP contribution in [0.4, 0.5) is 0 Å². The van der Waals surface area contributed by atoms with Crippen LogP contribution in [0.1, 0.15) is 27.7 Å². The molecule has 0 aliphatic carbocycles. The molecule has 0 unspecified atom stereocenters. The lowest BCUT2D eigenvalue weighted by Crippen LogP contribution is -2.45. The van der Waals surface area contributed by atoms with Gasteiger partial charge in [-0.2, -0.15) is 0 Å². The molecule has 0 saturated heterocycles. The molecular weight excluding hydrogens is 208 g/mol. The van der Waals surface area contributed by atoms with E-state index in [1.165, 1.54) is 0 Å². The van der Waals surface area contributed by atoms with Crippen LogP contribution in [0.5, 0.6) is 0 Å². The molecule has 0 atom stereocenters. The molecule has 94 valence electrons. The third-order valence-electron chi connectivity index (χ3n) is 2.57. The molecule has 16 heavy (non-hydrogen) atoms. The highest BCUT2D eigenvalue weighted by molar-refractivity contribution is 5.79. The summed E-state index contributed by atoms with van der Waals surface area (Å²) >= 11 is 0. The predicted octanol–water partition coefficient (Wildman–Crippen LogP) is 0.648. The van der Waals surface area contributed by atoms with E-state index in [0.29, 0.717) is 0 Å². The van der Waals surface area contributed by atoms with Crippen LogP contribution in [0, 0.1) is 0 Å². The highest BCUT2D eigenvalue weighted by Gasteiger charge is 2.20. The predicted molar refractivity (Wildman–Crippen MR) is 62.3 cm³/mol. The third kappa shape index (κ3) is 5.11. The number of rotatable bonds is 6. The van der Waals surface area contributed by atoms with Gasteiger partial charge >= 0.3 is 5.97 Å². The second kappa shape index (κ2) is 6.48. The van der Waals surface area contributed by atoms with E-state index in [4.69, 9.17) is 5.11 Å². The quantitative estimate of drug-likeness (QED) is 0.727. The molecule has 0 aromatic carbocycles. The van der Waals surface area contributed by atoms with Gasteiger partial charge in [0.2, 0.25) is 5.91 Å². The van der Waals surface area contributed by atoms with Crippen molar-refractivity contribution in [2.75, 3.05) is 20.1 Å². The number of carboxylic acids is 1. The number of hydrogen-bond donors (Lipinski definition) is 1. The summed E-state index contributed by atoms with van der Waals surface area (Å²) < 4.78 is 0. The minimum absolute atomic E-state index is 0.0422. The third-order valence-corrected chi connectivity index (χ3v) is 2.57. The van der Waals surface area contributed by atoms with E-state index in [1.54, 1.807) is 16.8 Å². The average molecular weight is 230 g/mol. The molecule has 1 amide bonds. The summed E-state index contributed by atoms with van der Waals surface area (Å²) in [6.07, 6.45) is 0. The molecular formula is C11H22N2O3. The summed E-state index contributed by atoms with van der Waals surface area (Å²) in [7, 11) is 1.73. The highest BCUT2D eigenvalue weighted by Crippen LogP contribution is 2.01. The Morgan fingerprint density at radius 2 is 1.56 bits per heavy atom. The maximum absolute atomic E-state index is 11.8. The summed E-state index contributed by atoms with van der Waals surface area (Å²) in [5.41, 5.74) is 0. The normalized spacial score (nSPS) is 11.2. The molecule has 0 saturated carbocycles. The zero-order valence-electron chi connectivity index (χ0n) is 10.7. The topological polar surface area (TPSA) is 60.9 Å². The Hall–Kier alpha value is -1.10. The molecule has 0 bridgehead atoms. The highest BCUT2D eigenvalue weighted by atomic mass is 16.4. The Bertz CT molecular complexity index is 252. The van der Waals surface area contributed by atoms with Crippen LogP contribution in [0.15, 0.2) is 0 Å². The minimum Gasteiger partial charge on any atom is -0.480 e. The molecule has 0 aliphatic rings.